The second-order valence-corrected chi connectivity index (χ2v) is 4.91. The molecule has 0 bridgehead atoms. The molecule has 112 valence electrons. The molecule has 1 unspecified atom stereocenters. The maximum absolute atomic E-state index is 11.7. The number of nitrogens with one attached hydrogen (secondary N) is 1. The second kappa shape index (κ2) is 8.43. The maximum Gasteiger partial charge on any atom is 0.258 e. The summed E-state index contributed by atoms with van der Waals surface area (Å²) in [5, 5.41) is 11.6. The number of carbonyl (C=O) groups is 1. The number of carbonyl (C=O) groups excluding carboxylic acids is 1. The minimum absolute atomic E-state index is 0.0590. The van der Waals surface area contributed by atoms with E-state index in [1.54, 1.807) is 24.3 Å². The first-order valence-corrected chi connectivity index (χ1v) is 6.79. The molecule has 20 heavy (non-hydrogen) atoms. The van der Waals surface area contributed by atoms with Gasteiger partial charge < -0.3 is 19.9 Å². The fraction of sp³-hybridized carbons (Fsp3) is 0.533. The molecule has 1 rings (SSSR count). The van der Waals surface area contributed by atoms with Crippen LogP contribution in [0.3, 0.4) is 0 Å². The van der Waals surface area contributed by atoms with Gasteiger partial charge in [0.2, 0.25) is 0 Å². The van der Waals surface area contributed by atoms with Crippen molar-refractivity contribution in [3.63, 3.8) is 0 Å². The van der Waals surface area contributed by atoms with Crippen molar-refractivity contribution in [1.29, 1.82) is 0 Å². The van der Waals surface area contributed by atoms with Crippen LogP contribution in [0.5, 0.6) is 11.5 Å². The van der Waals surface area contributed by atoms with E-state index in [1.165, 1.54) is 0 Å². The molecule has 0 aliphatic heterocycles. The van der Waals surface area contributed by atoms with E-state index in [1.807, 2.05) is 20.8 Å². The summed E-state index contributed by atoms with van der Waals surface area (Å²) in [6, 6.07) is 7.17. The van der Waals surface area contributed by atoms with E-state index in [0.29, 0.717) is 17.4 Å². The fourth-order valence-corrected chi connectivity index (χ4v) is 1.45. The van der Waals surface area contributed by atoms with Crippen LogP contribution in [-0.4, -0.2) is 36.9 Å². The summed E-state index contributed by atoms with van der Waals surface area (Å²) in [5.74, 6) is 1.22. The van der Waals surface area contributed by atoms with Crippen molar-refractivity contribution < 1.29 is 19.4 Å². The Balaban J connectivity index is 2.50. The first kappa shape index (κ1) is 16.3. The van der Waals surface area contributed by atoms with Crippen molar-refractivity contribution in [1.82, 2.24) is 5.32 Å². The number of benzene rings is 1. The Kier molecular flexibility index (Phi) is 6.87. The standard InChI is InChI=1S/C15H23NO4/c1-11(2)12(3)16-15(18)10-20-14-7-5-4-6-13(14)19-9-8-17/h4-7,11-12,17H,8-10H2,1-3H3,(H,16,18). The topological polar surface area (TPSA) is 67.8 Å². The van der Waals surface area contributed by atoms with E-state index < -0.39 is 0 Å². The Hall–Kier alpha value is -1.75. The van der Waals surface area contributed by atoms with Gasteiger partial charge in [0.15, 0.2) is 18.1 Å². The van der Waals surface area contributed by atoms with Crippen LogP contribution in [0.2, 0.25) is 0 Å². The summed E-state index contributed by atoms with van der Waals surface area (Å²) < 4.78 is 10.8. The summed E-state index contributed by atoms with van der Waals surface area (Å²) in [6.07, 6.45) is 0. The molecule has 0 aromatic heterocycles. The number of amides is 1. The molecule has 0 aliphatic rings. The van der Waals surface area contributed by atoms with Crippen LogP contribution in [0.1, 0.15) is 20.8 Å². The molecule has 0 aliphatic carbocycles. The number of aliphatic hydroxyl groups excluding tert-OH is 1. The molecule has 0 heterocycles. The van der Waals surface area contributed by atoms with E-state index >= 15 is 0 Å². The summed E-state index contributed by atoms with van der Waals surface area (Å²) >= 11 is 0. The predicted octanol–water partition coefficient (Wildman–Crippen LogP) is 1.60. The van der Waals surface area contributed by atoms with Crippen LogP contribution in [0.4, 0.5) is 0 Å². The van der Waals surface area contributed by atoms with Crippen molar-refractivity contribution in [2.24, 2.45) is 5.92 Å². The molecule has 1 aromatic rings. The zero-order chi connectivity index (χ0) is 15.0. The highest BCUT2D eigenvalue weighted by molar-refractivity contribution is 5.77. The lowest BCUT2D eigenvalue weighted by atomic mass is 10.1. The van der Waals surface area contributed by atoms with Crippen molar-refractivity contribution in [3.8, 4) is 11.5 Å². The molecule has 0 saturated heterocycles. The zero-order valence-electron chi connectivity index (χ0n) is 12.3. The van der Waals surface area contributed by atoms with Gasteiger partial charge in [0.1, 0.15) is 6.61 Å². The van der Waals surface area contributed by atoms with Gasteiger partial charge in [0.25, 0.3) is 5.91 Å². The van der Waals surface area contributed by atoms with Gasteiger partial charge in [-0.15, -0.1) is 0 Å². The lowest BCUT2D eigenvalue weighted by Gasteiger charge is -2.18. The lowest BCUT2D eigenvalue weighted by Crippen LogP contribution is -2.38. The van der Waals surface area contributed by atoms with Crippen molar-refractivity contribution in [3.05, 3.63) is 24.3 Å². The fourth-order valence-electron chi connectivity index (χ4n) is 1.45. The first-order valence-electron chi connectivity index (χ1n) is 6.79. The Morgan fingerprint density at radius 2 is 1.80 bits per heavy atom. The molecule has 1 atom stereocenters. The number of hydrogen-bond acceptors (Lipinski definition) is 4. The average Bonchev–Trinajstić information content (AvgIpc) is 2.43. The minimum Gasteiger partial charge on any atom is -0.487 e. The summed E-state index contributed by atoms with van der Waals surface area (Å²) in [4.78, 5) is 11.7. The van der Waals surface area contributed by atoms with Gasteiger partial charge in [-0.1, -0.05) is 26.0 Å². The van der Waals surface area contributed by atoms with Crippen LogP contribution in [-0.2, 0) is 4.79 Å². The summed E-state index contributed by atoms with van der Waals surface area (Å²) in [5.41, 5.74) is 0. The zero-order valence-corrected chi connectivity index (χ0v) is 12.3. The lowest BCUT2D eigenvalue weighted by molar-refractivity contribution is -0.124. The molecule has 5 nitrogen and oxygen atoms in total. The number of para-hydroxylation sites is 2. The van der Waals surface area contributed by atoms with Gasteiger partial charge in [-0.2, -0.15) is 0 Å². The third-order valence-corrected chi connectivity index (χ3v) is 2.95. The normalized spacial score (nSPS) is 12.1. The van der Waals surface area contributed by atoms with Crippen LogP contribution in [0, 0.1) is 5.92 Å². The maximum atomic E-state index is 11.7. The summed E-state index contributed by atoms with van der Waals surface area (Å²) in [6.45, 7) is 6.11. The Bertz CT molecular complexity index is 420. The average molecular weight is 281 g/mol. The van der Waals surface area contributed by atoms with Crippen LogP contribution in [0.25, 0.3) is 0 Å². The molecule has 0 radical (unpaired) electrons. The highest BCUT2D eigenvalue weighted by Crippen LogP contribution is 2.26. The Morgan fingerprint density at radius 1 is 1.20 bits per heavy atom. The van der Waals surface area contributed by atoms with Gasteiger partial charge >= 0.3 is 0 Å². The smallest absolute Gasteiger partial charge is 0.258 e. The predicted molar refractivity (Wildman–Crippen MR) is 77.0 cm³/mol. The molecule has 1 amide bonds. The molecular weight excluding hydrogens is 258 g/mol. The molecule has 5 heteroatoms. The van der Waals surface area contributed by atoms with Crippen LogP contribution >= 0.6 is 0 Å². The van der Waals surface area contributed by atoms with Gasteiger partial charge in [-0.05, 0) is 25.0 Å². The quantitative estimate of drug-likeness (QED) is 0.759. The molecule has 1 aromatic carbocycles. The van der Waals surface area contributed by atoms with Crippen LogP contribution < -0.4 is 14.8 Å². The van der Waals surface area contributed by atoms with Gasteiger partial charge in [-0.25, -0.2) is 0 Å². The van der Waals surface area contributed by atoms with Gasteiger partial charge in [-0.3, -0.25) is 4.79 Å². The Morgan fingerprint density at radius 3 is 2.35 bits per heavy atom. The number of hydrogen-bond donors (Lipinski definition) is 2. The third kappa shape index (κ3) is 5.48. The second-order valence-electron chi connectivity index (χ2n) is 4.91. The monoisotopic (exact) mass is 281 g/mol. The molecular formula is C15H23NO4. The van der Waals surface area contributed by atoms with Gasteiger partial charge in [0, 0.05) is 6.04 Å². The van der Waals surface area contributed by atoms with Crippen molar-refractivity contribution in [2.75, 3.05) is 19.8 Å². The highest BCUT2D eigenvalue weighted by atomic mass is 16.5. The van der Waals surface area contributed by atoms with E-state index in [2.05, 4.69) is 5.32 Å². The largest absolute Gasteiger partial charge is 0.487 e. The minimum atomic E-state index is -0.164. The highest BCUT2D eigenvalue weighted by Gasteiger charge is 2.12. The van der Waals surface area contributed by atoms with E-state index in [9.17, 15) is 4.79 Å². The third-order valence-electron chi connectivity index (χ3n) is 2.95. The van der Waals surface area contributed by atoms with E-state index in [-0.39, 0.29) is 31.8 Å². The number of rotatable bonds is 8. The van der Waals surface area contributed by atoms with Crippen molar-refractivity contribution >= 4 is 5.91 Å². The number of aliphatic hydroxyl groups is 1. The van der Waals surface area contributed by atoms with E-state index in [4.69, 9.17) is 14.6 Å². The number of ether oxygens (including phenoxy) is 2. The van der Waals surface area contributed by atoms with Crippen LogP contribution in [0.15, 0.2) is 24.3 Å². The SMILES string of the molecule is CC(C)C(C)NC(=O)COc1ccccc1OCCO. The van der Waals surface area contributed by atoms with E-state index in [0.717, 1.165) is 0 Å². The molecule has 0 saturated carbocycles. The Labute approximate surface area is 119 Å². The summed E-state index contributed by atoms with van der Waals surface area (Å²) in [7, 11) is 0. The van der Waals surface area contributed by atoms with Crippen molar-refractivity contribution in [2.45, 2.75) is 26.8 Å². The first-order chi connectivity index (χ1) is 9.54. The molecule has 0 spiro atoms. The molecule has 2 N–H and O–H groups in total. The van der Waals surface area contributed by atoms with Gasteiger partial charge in [0.05, 0.1) is 6.61 Å². The molecule has 0 fully saturated rings.